The fraction of sp³-hybridized carbons (Fsp3) is 0.286. The van der Waals surface area contributed by atoms with E-state index in [9.17, 15) is 0 Å². The summed E-state index contributed by atoms with van der Waals surface area (Å²) < 4.78 is 5.85. The van der Waals surface area contributed by atoms with Crippen molar-refractivity contribution in [1.82, 2.24) is 9.97 Å². The Morgan fingerprint density at radius 1 is 1.28 bits per heavy atom. The molecule has 4 heteroatoms. The molecule has 0 bridgehead atoms. The molecule has 0 amide bonds. The molecular formula is C14H16N2OS. The molecule has 0 fully saturated rings. The van der Waals surface area contributed by atoms with Gasteiger partial charge in [-0.05, 0) is 36.2 Å². The molecule has 1 aromatic heterocycles. The van der Waals surface area contributed by atoms with Crippen molar-refractivity contribution in [2.75, 3.05) is 7.11 Å². The molecular weight excluding hydrogens is 244 g/mol. The van der Waals surface area contributed by atoms with Crippen LogP contribution in [-0.2, 0) is 6.42 Å². The van der Waals surface area contributed by atoms with Gasteiger partial charge >= 0.3 is 0 Å². The maximum atomic E-state index is 5.30. The van der Waals surface area contributed by atoms with Gasteiger partial charge in [0.15, 0.2) is 0 Å². The van der Waals surface area contributed by atoms with Gasteiger partial charge in [-0.1, -0.05) is 25.6 Å². The number of benzene rings is 1. The Balaban J connectivity index is 2.48. The van der Waals surface area contributed by atoms with E-state index in [1.807, 2.05) is 24.3 Å². The summed E-state index contributed by atoms with van der Waals surface area (Å²) in [4.78, 5) is 7.35. The molecule has 0 saturated heterocycles. The molecule has 3 nitrogen and oxygen atoms in total. The summed E-state index contributed by atoms with van der Waals surface area (Å²) in [5.41, 5.74) is 3.27. The smallest absolute Gasteiger partial charge is 0.133 e. The predicted octanol–water partition coefficient (Wildman–Crippen LogP) is 3.77. The van der Waals surface area contributed by atoms with E-state index in [0.29, 0.717) is 4.64 Å². The van der Waals surface area contributed by atoms with Gasteiger partial charge in [0.1, 0.15) is 10.4 Å². The third kappa shape index (κ3) is 2.59. The van der Waals surface area contributed by atoms with Crippen molar-refractivity contribution in [2.45, 2.75) is 19.8 Å². The first-order chi connectivity index (χ1) is 8.76. The molecule has 1 N–H and O–H groups in total. The van der Waals surface area contributed by atoms with Crippen LogP contribution in [0.15, 0.2) is 30.6 Å². The highest BCUT2D eigenvalue weighted by Gasteiger charge is 2.07. The average molecular weight is 260 g/mol. The van der Waals surface area contributed by atoms with Crippen molar-refractivity contribution in [3.63, 3.8) is 0 Å². The Kier molecular flexibility index (Phi) is 4.10. The number of nitrogens with one attached hydrogen (secondary N) is 1. The average Bonchev–Trinajstić information content (AvgIpc) is 2.41. The molecule has 0 unspecified atom stereocenters. The molecule has 0 aliphatic rings. The summed E-state index contributed by atoms with van der Waals surface area (Å²) in [5, 5.41) is 0. The van der Waals surface area contributed by atoms with E-state index in [1.165, 1.54) is 0 Å². The van der Waals surface area contributed by atoms with Crippen molar-refractivity contribution < 1.29 is 4.74 Å². The summed E-state index contributed by atoms with van der Waals surface area (Å²) in [6, 6.07) is 7.95. The summed E-state index contributed by atoms with van der Waals surface area (Å²) in [6.45, 7) is 2.14. The normalized spacial score (nSPS) is 10.3. The van der Waals surface area contributed by atoms with E-state index in [1.54, 1.807) is 13.4 Å². The minimum absolute atomic E-state index is 0.682. The summed E-state index contributed by atoms with van der Waals surface area (Å²) in [7, 11) is 1.66. The van der Waals surface area contributed by atoms with Crippen LogP contribution in [0.1, 0.15) is 18.9 Å². The first-order valence-corrected chi connectivity index (χ1v) is 6.38. The number of hydrogen-bond donors (Lipinski definition) is 1. The summed E-state index contributed by atoms with van der Waals surface area (Å²) in [6.07, 6.45) is 3.64. The number of ether oxygens (including phenoxy) is 1. The zero-order valence-corrected chi connectivity index (χ0v) is 11.4. The third-order valence-electron chi connectivity index (χ3n) is 2.83. The zero-order valence-electron chi connectivity index (χ0n) is 10.6. The molecule has 2 aromatic rings. The van der Waals surface area contributed by atoms with E-state index < -0.39 is 0 Å². The first-order valence-electron chi connectivity index (χ1n) is 5.97. The number of hydrogen-bond acceptors (Lipinski definition) is 3. The van der Waals surface area contributed by atoms with Crippen molar-refractivity contribution in [2.24, 2.45) is 0 Å². The molecule has 2 rings (SSSR count). The Morgan fingerprint density at radius 2 is 2.00 bits per heavy atom. The van der Waals surface area contributed by atoms with Gasteiger partial charge in [0.2, 0.25) is 0 Å². The lowest BCUT2D eigenvalue weighted by Crippen LogP contribution is -1.96. The van der Waals surface area contributed by atoms with Crippen LogP contribution in [0.5, 0.6) is 5.75 Å². The summed E-state index contributed by atoms with van der Waals surface area (Å²) >= 11 is 5.30. The molecule has 0 aliphatic carbocycles. The van der Waals surface area contributed by atoms with E-state index in [0.717, 1.165) is 35.4 Å². The van der Waals surface area contributed by atoms with Gasteiger partial charge in [0.05, 0.1) is 19.1 Å². The second-order valence-corrected chi connectivity index (χ2v) is 4.43. The predicted molar refractivity (Wildman–Crippen MR) is 75.4 cm³/mol. The molecule has 0 saturated carbocycles. The van der Waals surface area contributed by atoms with Crippen molar-refractivity contribution >= 4 is 12.2 Å². The minimum Gasteiger partial charge on any atom is -0.497 e. The van der Waals surface area contributed by atoms with Crippen LogP contribution in [0.2, 0.25) is 0 Å². The number of H-pyrrole nitrogens is 1. The maximum absolute atomic E-state index is 5.30. The molecule has 1 aromatic carbocycles. The number of aromatic nitrogens is 2. The van der Waals surface area contributed by atoms with Crippen LogP contribution in [0.3, 0.4) is 0 Å². The third-order valence-corrected chi connectivity index (χ3v) is 3.18. The van der Waals surface area contributed by atoms with Crippen molar-refractivity contribution in [3.8, 4) is 17.0 Å². The number of nitrogens with zero attached hydrogens (tertiary/aromatic N) is 1. The zero-order chi connectivity index (χ0) is 13.0. The topological polar surface area (TPSA) is 37.9 Å². The van der Waals surface area contributed by atoms with Crippen LogP contribution in [0.4, 0.5) is 0 Å². The Bertz CT molecular complexity index is 575. The van der Waals surface area contributed by atoms with Gasteiger partial charge in [-0.25, -0.2) is 4.98 Å². The van der Waals surface area contributed by atoms with E-state index in [2.05, 4.69) is 16.9 Å². The van der Waals surface area contributed by atoms with Gasteiger partial charge in [0, 0.05) is 5.56 Å². The largest absolute Gasteiger partial charge is 0.497 e. The highest BCUT2D eigenvalue weighted by molar-refractivity contribution is 7.71. The lowest BCUT2D eigenvalue weighted by molar-refractivity contribution is 0.415. The molecule has 18 heavy (non-hydrogen) atoms. The highest BCUT2D eigenvalue weighted by Crippen LogP contribution is 2.24. The van der Waals surface area contributed by atoms with Crippen LogP contribution < -0.4 is 4.74 Å². The van der Waals surface area contributed by atoms with E-state index >= 15 is 0 Å². The van der Waals surface area contributed by atoms with E-state index in [-0.39, 0.29) is 0 Å². The highest BCUT2D eigenvalue weighted by atomic mass is 32.1. The number of rotatable bonds is 4. The lowest BCUT2D eigenvalue weighted by atomic mass is 10.0. The van der Waals surface area contributed by atoms with Gasteiger partial charge in [-0.2, -0.15) is 0 Å². The van der Waals surface area contributed by atoms with Gasteiger partial charge in [-0.15, -0.1) is 0 Å². The molecule has 94 valence electrons. The fourth-order valence-corrected chi connectivity index (χ4v) is 2.18. The van der Waals surface area contributed by atoms with Crippen molar-refractivity contribution in [3.05, 3.63) is 40.8 Å². The van der Waals surface area contributed by atoms with Crippen LogP contribution in [0.25, 0.3) is 11.3 Å². The Hall–Kier alpha value is -1.68. The Morgan fingerprint density at radius 3 is 2.61 bits per heavy atom. The second-order valence-electron chi connectivity index (χ2n) is 4.04. The van der Waals surface area contributed by atoms with Gasteiger partial charge in [0.25, 0.3) is 0 Å². The lowest BCUT2D eigenvalue weighted by Gasteiger charge is -2.09. The fourth-order valence-electron chi connectivity index (χ4n) is 1.92. The second kappa shape index (κ2) is 5.78. The first kappa shape index (κ1) is 12.8. The maximum Gasteiger partial charge on any atom is 0.133 e. The molecule has 0 spiro atoms. The monoisotopic (exact) mass is 260 g/mol. The number of methoxy groups -OCH3 is 1. The van der Waals surface area contributed by atoms with Crippen molar-refractivity contribution in [1.29, 1.82) is 0 Å². The minimum atomic E-state index is 0.682. The molecule has 0 aliphatic heterocycles. The van der Waals surface area contributed by atoms with Gasteiger partial charge < -0.3 is 9.72 Å². The Labute approximate surface area is 112 Å². The summed E-state index contributed by atoms with van der Waals surface area (Å²) in [5.74, 6) is 0.850. The SMILES string of the molecule is CCCc1c(-c2ccc(OC)cc2)[nH]cnc1=S. The molecule has 0 atom stereocenters. The van der Waals surface area contributed by atoms with E-state index in [4.69, 9.17) is 17.0 Å². The molecule has 0 radical (unpaired) electrons. The standard InChI is InChI=1S/C14H16N2OS/c1-3-4-12-13(15-9-16-14(12)18)10-5-7-11(17-2)8-6-10/h5-9H,3-4H2,1-2H3,(H,15,16,18). The van der Waals surface area contributed by atoms with Crippen LogP contribution in [-0.4, -0.2) is 17.1 Å². The quantitative estimate of drug-likeness (QED) is 0.850. The van der Waals surface area contributed by atoms with Crippen LogP contribution in [0, 0.1) is 4.64 Å². The number of aromatic amines is 1. The molecule has 1 heterocycles. The van der Waals surface area contributed by atoms with Crippen LogP contribution >= 0.6 is 12.2 Å². The van der Waals surface area contributed by atoms with Gasteiger partial charge in [-0.3, -0.25) is 0 Å².